The average Bonchev–Trinajstić information content (AvgIpc) is 3.37. The summed E-state index contributed by atoms with van der Waals surface area (Å²) in [6.45, 7) is 0.483. The molecule has 1 N–H and O–H groups in total. The van der Waals surface area contributed by atoms with Crippen molar-refractivity contribution in [2.75, 3.05) is 29.9 Å². The lowest BCUT2D eigenvalue weighted by Gasteiger charge is -2.30. The molecule has 10 nitrogen and oxygen atoms in total. The van der Waals surface area contributed by atoms with Crippen molar-refractivity contribution in [3.05, 3.63) is 54.9 Å². The maximum absolute atomic E-state index is 13.1. The molecule has 3 heterocycles. The van der Waals surface area contributed by atoms with Crippen LogP contribution in [0.25, 0.3) is 5.69 Å². The fraction of sp³-hybridized carbons (Fsp3) is 0.333. The van der Waals surface area contributed by atoms with Crippen LogP contribution in [0.4, 0.5) is 24.8 Å². The number of alkyl halides is 3. The first kappa shape index (κ1) is 23.1. The largest absolute Gasteiger partial charge is 0.455 e. The van der Waals surface area contributed by atoms with Gasteiger partial charge in [-0.05, 0) is 37.1 Å². The van der Waals surface area contributed by atoms with Gasteiger partial charge in [-0.3, -0.25) is 9.59 Å². The van der Waals surface area contributed by atoms with E-state index >= 15 is 0 Å². The minimum atomic E-state index is -4.60. The number of aromatic nitrogens is 5. The Morgan fingerprint density at radius 3 is 2.53 bits per heavy atom. The molecule has 0 unspecified atom stereocenters. The van der Waals surface area contributed by atoms with Gasteiger partial charge >= 0.3 is 12.1 Å². The first-order chi connectivity index (χ1) is 16.3. The minimum absolute atomic E-state index is 0.141. The fourth-order valence-electron chi connectivity index (χ4n) is 3.56. The highest BCUT2D eigenvalue weighted by molar-refractivity contribution is 5.94. The average molecular weight is 475 g/mol. The van der Waals surface area contributed by atoms with E-state index in [-0.39, 0.29) is 11.4 Å². The molecule has 1 fully saturated rings. The van der Waals surface area contributed by atoms with Crippen LogP contribution in [0.15, 0.2) is 49.3 Å². The summed E-state index contributed by atoms with van der Waals surface area (Å²) >= 11 is 0. The number of esters is 1. The van der Waals surface area contributed by atoms with Crippen molar-refractivity contribution >= 4 is 23.5 Å². The Labute approximate surface area is 191 Å². The van der Waals surface area contributed by atoms with Crippen LogP contribution in [0.5, 0.6) is 0 Å². The summed E-state index contributed by atoms with van der Waals surface area (Å²) in [4.78, 5) is 38.9. The molecule has 1 aliphatic rings. The highest BCUT2D eigenvalue weighted by atomic mass is 19.4. The van der Waals surface area contributed by atoms with Crippen LogP contribution in [0.2, 0.25) is 0 Å². The van der Waals surface area contributed by atoms with Gasteiger partial charge in [0.1, 0.15) is 12.7 Å². The van der Waals surface area contributed by atoms with Crippen molar-refractivity contribution in [3.8, 4) is 5.69 Å². The van der Waals surface area contributed by atoms with Crippen LogP contribution in [-0.4, -0.2) is 56.3 Å². The third-order valence-electron chi connectivity index (χ3n) is 5.27. The molecule has 2 aromatic heterocycles. The van der Waals surface area contributed by atoms with Gasteiger partial charge in [-0.1, -0.05) is 0 Å². The number of nitrogens with one attached hydrogen (secondary N) is 1. The molecule has 0 atom stereocenters. The van der Waals surface area contributed by atoms with Crippen molar-refractivity contribution in [1.29, 1.82) is 0 Å². The Hall–Kier alpha value is -4.03. The minimum Gasteiger partial charge on any atom is -0.455 e. The molecule has 0 radical (unpaired) electrons. The molecule has 1 amide bonds. The molecule has 1 aromatic carbocycles. The number of amides is 1. The maximum Gasteiger partial charge on any atom is 0.416 e. The summed E-state index contributed by atoms with van der Waals surface area (Å²) in [5, 5.41) is 6.25. The van der Waals surface area contributed by atoms with Crippen LogP contribution in [0.3, 0.4) is 0 Å². The van der Waals surface area contributed by atoms with E-state index < -0.39 is 36.1 Å². The Kier molecular flexibility index (Phi) is 6.70. The van der Waals surface area contributed by atoms with E-state index in [1.807, 2.05) is 4.90 Å². The third-order valence-corrected chi connectivity index (χ3v) is 5.27. The summed E-state index contributed by atoms with van der Waals surface area (Å²) in [5.41, 5.74) is -0.906. The van der Waals surface area contributed by atoms with E-state index in [2.05, 4.69) is 25.4 Å². The zero-order chi connectivity index (χ0) is 24.1. The van der Waals surface area contributed by atoms with Gasteiger partial charge in [0.25, 0.3) is 5.91 Å². The van der Waals surface area contributed by atoms with Crippen LogP contribution in [-0.2, 0) is 20.5 Å². The van der Waals surface area contributed by atoms with Crippen molar-refractivity contribution in [1.82, 2.24) is 24.7 Å². The third kappa shape index (κ3) is 5.47. The molecule has 0 bridgehead atoms. The van der Waals surface area contributed by atoms with Crippen LogP contribution in [0.1, 0.15) is 18.4 Å². The second kappa shape index (κ2) is 9.85. The number of rotatable bonds is 6. The molecule has 1 aliphatic heterocycles. The van der Waals surface area contributed by atoms with Crippen LogP contribution < -0.4 is 10.2 Å². The molecule has 3 aromatic rings. The van der Waals surface area contributed by atoms with Gasteiger partial charge in [0.15, 0.2) is 6.61 Å². The lowest BCUT2D eigenvalue weighted by molar-refractivity contribution is -0.152. The molecule has 178 valence electrons. The number of ether oxygens (including phenoxy) is 1. The van der Waals surface area contributed by atoms with Crippen molar-refractivity contribution in [2.45, 2.75) is 19.0 Å². The molecule has 0 saturated carbocycles. The van der Waals surface area contributed by atoms with E-state index in [9.17, 15) is 22.8 Å². The topological polar surface area (TPSA) is 115 Å². The number of halogens is 3. The van der Waals surface area contributed by atoms with Crippen molar-refractivity contribution in [3.63, 3.8) is 0 Å². The summed E-state index contributed by atoms with van der Waals surface area (Å²) in [6.07, 6.45) is 2.17. The van der Waals surface area contributed by atoms with Gasteiger partial charge in [0, 0.05) is 25.5 Å². The van der Waals surface area contributed by atoms with E-state index in [0.717, 1.165) is 12.1 Å². The van der Waals surface area contributed by atoms with Gasteiger partial charge in [0.05, 0.1) is 22.9 Å². The zero-order valence-electron chi connectivity index (χ0n) is 17.8. The number of nitrogens with zero attached hydrogens (tertiary/aromatic N) is 6. The first-order valence-corrected chi connectivity index (χ1v) is 10.4. The number of hydrogen-bond acceptors (Lipinski definition) is 8. The second-order valence-corrected chi connectivity index (χ2v) is 7.54. The summed E-state index contributed by atoms with van der Waals surface area (Å²) in [6, 6.07) is 4.55. The number of benzene rings is 1. The lowest BCUT2D eigenvalue weighted by atomic mass is 9.97. The SMILES string of the molecule is O=C(COC(=O)C1CCN(c2ncccn2)CC1)Nc1cc(C(F)(F)F)ccc1-n1cncn1. The maximum atomic E-state index is 13.1. The predicted molar refractivity (Wildman–Crippen MR) is 113 cm³/mol. The fourth-order valence-corrected chi connectivity index (χ4v) is 3.56. The van der Waals surface area contributed by atoms with Gasteiger partial charge in [-0.15, -0.1) is 0 Å². The molecule has 4 rings (SSSR count). The molecule has 0 spiro atoms. The predicted octanol–water partition coefficient (Wildman–Crippen LogP) is 2.47. The molecule has 1 saturated heterocycles. The molecular weight excluding hydrogens is 455 g/mol. The number of anilines is 2. The summed E-state index contributed by atoms with van der Waals surface area (Å²) < 4.78 is 45.8. The second-order valence-electron chi connectivity index (χ2n) is 7.54. The molecule has 34 heavy (non-hydrogen) atoms. The van der Waals surface area contributed by atoms with E-state index in [4.69, 9.17) is 4.74 Å². The Morgan fingerprint density at radius 2 is 1.88 bits per heavy atom. The van der Waals surface area contributed by atoms with Gasteiger partial charge < -0.3 is 15.0 Å². The van der Waals surface area contributed by atoms with Crippen LogP contribution in [0, 0.1) is 5.92 Å². The van der Waals surface area contributed by atoms with Gasteiger partial charge in [-0.2, -0.15) is 18.3 Å². The Morgan fingerprint density at radius 1 is 1.15 bits per heavy atom. The monoisotopic (exact) mass is 475 g/mol. The highest BCUT2D eigenvalue weighted by Crippen LogP contribution is 2.33. The summed E-state index contributed by atoms with van der Waals surface area (Å²) in [5.74, 6) is -1.13. The van der Waals surface area contributed by atoms with E-state index in [0.29, 0.717) is 31.9 Å². The standard InChI is InChI=1S/C21H20F3N7O3/c22-21(23,24)15-2-3-17(31-13-25-12-28-31)16(10-15)29-18(32)11-34-19(33)14-4-8-30(9-5-14)20-26-6-1-7-27-20/h1-3,6-7,10,12-14H,4-5,8-9,11H2,(H,29,32). The number of piperidine rings is 1. The van der Waals surface area contributed by atoms with E-state index in [1.54, 1.807) is 18.5 Å². The summed E-state index contributed by atoms with van der Waals surface area (Å²) in [7, 11) is 0. The number of carbonyl (C=O) groups excluding carboxylic acids is 2. The van der Waals surface area contributed by atoms with E-state index in [1.165, 1.54) is 23.4 Å². The van der Waals surface area contributed by atoms with Crippen molar-refractivity contribution < 1.29 is 27.5 Å². The molecular formula is C21H20F3N7O3. The van der Waals surface area contributed by atoms with Crippen LogP contribution >= 0.6 is 0 Å². The van der Waals surface area contributed by atoms with Crippen molar-refractivity contribution in [2.24, 2.45) is 5.92 Å². The highest BCUT2D eigenvalue weighted by Gasteiger charge is 2.32. The lowest BCUT2D eigenvalue weighted by Crippen LogP contribution is -2.38. The normalized spacial score (nSPS) is 14.6. The molecule has 0 aliphatic carbocycles. The smallest absolute Gasteiger partial charge is 0.416 e. The van der Waals surface area contributed by atoms with Gasteiger partial charge in [0.2, 0.25) is 5.95 Å². The Balaban J connectivity index is 1.34. The molecule has 13 heteroatoms. The Bertz CT molecular complexity index is 1130. The van der Waals surface area contributed by atoms with Gasteiger partial charge in [-0.25, -0.2) is 19.6 Å². The quantitative estimate of drug-likeness (QED) is 0.541. The number of carbonyl (C=O) groups is 2. The number of hydrogen-bond donors (Lipinski definition) is 1. The first-order valence-electron chi connectivity index (χ1n) is 10.4. The zero-order valence-corrected chi connectivity index (χ0v) is 17.8.